The average molecular weight is 308 g/mol. The quantitative estimate of drug-likeness (QED) is 0.900. The Morgan fingerprint density at radius 1 is 1.52 bits per heavy atom. The number of nitrogens with zero attached hydrogens (tertiary/aromatic N) is 3. The van der Waals surface area contributed by atoms with E-state index in [-0.39, 0.29) is 5.91 Å². The van der Waals surface area contributed by atoms with Crippen molar-refractivity contribution in [3.05, 3.63) is 16.1 Å². The Kier molecular flexibility index (Phi) is 4.57. The first kappa shape index (κ1) is 14.9. The molecule has 0 aliphatic carbocycles. The molecule has 6 heteroatoms. The summed E-state index contributed by atoms with van der Waals surface area (Å²) in [6.45, 7) is 4.40. The first-order valence-electron chi connectivity index (χ1n) is 7.71. The highest BCUT2D eigenvalue weighted by atomic mass is 32.1. The molecule has 21 heavy (non-hydrogen) atoms. The maximum atomic E-state index is 11.7. The predicted molar refractivity (Wildman–Crippen MR) is 84.3 cm³/mol. The number of thiazole rings is 1. The highest BCUT2D eigenvalue weighted by Gasteiger charge is 2.34. The van der Waals surface area contributed by atoms with Crippen LogP contribution < -0.4 is 5.32 Å². The van der Waals surface area contributed by atoms with Crippen LogP contribution in [0, 0.1) is 5.92 Å². The van der Waals surface area contributed by atoms with Gasteiger partial charge in [0.1, 0.15) is 5.01 Å². The fourth-order valence-corrected chi connectivity index (χ4v) is 4.06. The zero-order valence-corrected chi connectivity index (χ0v) is 13.7. The summed E-state index contributed by atoms with van der Waals surface area (Å²) in [5.74, 6) is 0.930. The van der Waals surface area contributed by atoms with Gasteiger partial charge in [-0.15, -0.1) is 11.3 Å². The molecule has 2 aliphatic heterocycles. The van der Waals surface area contributed by atoms with E-state index in [1.54, 1.807) is 30.3 Å². The normalized spacial score (nSPS) is 25.8. The smallest absolute Gasteiger partial charge is 0.228 e. The highest BCUT2D eigenvalue weighted by molar-refractivity contribution is 7.09. The molecule has 0 unspecified atom stereocenters. The van der Waals surface area contributed by atoms with Crippen molar-refractivity contribution in [2.75, 3.05) is 33.7 Å². The van der Waals surface area contributed by atoms with Crippen molar-refractivity contribution in [1.82, 2.24) is 20.1 Å². The molecule has 116 valence electrons. The number of aromatic nitrogens is 1. The largest absolute Gasteiger partial charge is 0.348 e. The molecule has 1 N–H and O–H groups in total. The van der Waals surface area contributed by atoms with E-state index in [9.17, 15) is 4.79 Å². The second-order valence-electron chi connectivity index (χ2n) is 6.35. The van der Waals surface area contributed by atoms with E-state index in [0.717, 1.165) is 29.7 Å². The predicted octanol–water partition coefficient (Wildman–Crippen LogP) is 0.958. The third-order valence-electron chi connectivity index (χ3n) is 4.46. The Bertz CT molecular complexity index is 488. The molecule has 2 aliphatic rings. The van der Waals surface area contributed by atoms with Gasteiger partial charge in [0.25, 0.3) is 0 Å². The molecule has 5 nitrogen and oxygen atoms in total. The number of hydrogen-bond acceptors (Lipinski definition) is 5. The highest BCUT2D eigenvalue weighted by Crippen LogP contribution is 2.26. The molecule has 0 spiro atoms. The lowest BCUT2D eigenvalue weighted by atomic mass is 9.94. The SMILES string of the molecule is CN(C)C(=O)Cc1nc(CN2C[C@@H]3CCCN[C@@H]3C2)cs1. The number of carbonyl (C=O) groups is 1. The fourth-order valence-electron chi connectivity index (χ4n) is 3.28. The molecule has 2 saturated heterocycles. The van der Waals surface area contributed by atoms with Crippen molar-refractivity contribution in [3.63, 3.8) is 0 Å². The Balaban J connectivity index is 1.54. The molecule has 0 aromatic carbocycles. The maximum Gasteiger partial charge on any atom is 0.228 e. The van der Waals surface area contributed by atoms with Crippen LogP contribution in [-0.2, 0) is 17.8 Å². The van der Waals surface area contributed by atoms with Gasteiger partial charge in [0, 0.05) is 45.2 Å². The zero-order valence-electron chi connectivity index (χ0n) is 12.8. The van der Waals surface area contributed by atoms with E-state index in [2.05, 4.69) is 20.6 Å². The second-order valence-corrected chi connectivity index (χ2v) is 7.30. The molecule has 3 rings (SSSR count). The maximum absolute atomic E-state index is 11.7. The number of rotatable bonds is 4. The zero-order chi connectivity index (χ0) is 14.8. The van der Waals surface area contributed by atoms with Crippen LogP contribution in [0.25, 0.3) is 0 Å². The van der Waals surface area contributed by atoms with E-state index in [1.165, 1.54) is 25.9 Å². The molecular weight excluding hydrogens is 284 g/mol. The molecule has 1 aromatic rings. The van der Waals surface area contributed by atoms with Gasteiger partial charge < -0.3 is 10.2 Å². The summed E-state index contributed by atoms with van der Waals surface area (Å²) >= 11 is 1.60. The standard InChI is InChI=1S/C15H24N4OS/c1-18(2)15(20)6-14-17-12(10-21-14)8-19-7-11-4-3-5-16-13(11)9-19/h10-11,13,16H,3-9H2,1-2H3/t11-,13+/m0/s1. The van der Waals surface area contributed by atoms with Gasteiger partial charge in [0.2, 0.25) is 5.91 Å². The minimum atomic E-state index is 0.118. The van der Waals surface area contributed by atoms with Gasteiger partial charge in [-0.3, -0.25) is 9.69 Å². The van der Waals surface area contributed by atoms with Crippen molar-refractivity contribution < 1.29 is 4.79 Å². The van der Waals surface area contributed by atoms with Crippen molar-refractivity contribution in [3.8, 4) is 0 Å². The number of fused-ring (bicyclic) bond motifs is 1. The summed E-state index contributed by atoms with van der Waals surface area (Å²) in [4.78, 5) is 20.5. The molecule has 1 amide bonds. The first-order valence-corrected chi connectivity index (χ1v) is 8.59. The van der Waals surface area contributed by atoms with Crippen molar-refractivity contribution in [2.45, 2.75) is 31.8 Å². The molecule has 2 atom stereocenters. The number of piperidine rings is 1. The minimum Gasteiger partial charge on any atom is -0.348 e. The van der Waals surface area contributed by atoms with Crippen LogP contribution in [-0.4, -0.2) is 60.5 Å². The minimum absolute atomic E-state index is 0.118. The molecule has 0 bridgehead atoms. The third-order valence-corrected chi connectivity index (χ3v) is 5.36. The Morgan fingerprint density at radius 2 is 2.38 bits per heavy atom. The molecule has 3 heterocycles. The number of amides is 1. The topological polar surface area (TPSA) is 48.5 Å². The number of hydrogen-bond donors (Lipinski definition) is 1. The van der Waals surface area contributed by atoms with E-state index in [1.807, 2.05) is 0 Å². The summed E-state index contributed by atoms with van der Waals surface area (Å²) in [7, 11) is 3.58. The monoisotopic (exact) mass is 308 g/mol. The van der Waals surface area contributed by atoms with E-state index in [0.29, 0.717) is 12.5 Å². The Hall–Kier alpha value is -0.980. The first-order chi connectivity index (χ1) is 10.1. The number of nitrogens with one attached hydrogen (secondary N) is 1. The van der Waals surface area contributed by atoms with Gasteiger partial charge in [0.15, 0.2) is 0 Å². The lowest BCUT2D eigenvalue weighted by Crippen LogP contribution is -2.40. The van der Waals surface area contributed by atoms with Crippen LogP contribution >= 0.6 is 11.3 Å². The summed E-state index contributed by atoms with van der Waals surface area (Å²) in [5.41, 5.74) is 1.11. The Morgan fingerprint density at radius 3 is 3.14 bits per heavy atom. The van der Waals surface area contributed by atoms with E-state index in [4.69, 9.17) is 0 Å². The van der Waals surface area contributed by atoms with Gasteiger partial charge in [-0.2, -0.15) is 0 Å². The van der Waals surface area contributed by atoms with Crippen LogP contribution in [0.5, 0.6) is 0 Å². The molecule has 2 fully saturated rings. The molecule has 0 saturated carbocycles. The molecular formula is C15H24N4OS. The number of carbonyl (C=O) groups excluding carboxylic acids is 1. The summed E-state index contributed by atoms with van der Waals surface area (Å²) in [5, 5.41) is 6.66. The van der Waals surface area contributed by atoms with Crippen LogP contribution in [0.2, 0.25) is 0 Å². The van der Waals surface area contributed by atoms with Gasteiger partial charge in [-0.05, 0) is 25.3 Å². The van der Waals surface area contributed by atoms with Gasteiger partial charge in [-0.25, -0.2) is 4.98 Å². The van der Waals surface area contributed by atoms with Gasteiger partial charge in [0.05, 0.1) is 12.1 Å². The molecule has 0 radical (unpaired) electrons. The van der Waals surface area contributed by atoms with Crippen LogP contribution in [0.15, 0.2) is 5.38 Å². The van der Waals surface area contributed by atoms with Gasteiger partial charge in [-0.1, -0.05) is 0 Å². The summed E-state index contributed by atoms with van der Waals surface area (Å²) < 4.78 is 0. The van der Waals surface area contributed by atoms with E-state index >= 15 is 0 Å². The summed E-state index contributed by atoms with van der Waals surface area (Å²) in [6.07, 6.45) is 3.08. The fraction of sp³-hybridized carbons (Fsp3) is 0.733. The third kappa shape index (κ3) is 3.62. The van der Waals surface area contributed by atoms with Crippen molar-refractivity contribution in [2.24, 2.45) is 5.92 Å². The lowest BCUT2D eigenvalue weighted by molar-refractivity contribution is -0.127. The number of likely N-dealkylation sites (tertiary alicyclic amines) is 1. The van der Waals surface area contributed by atoms with Crippen LogP contribution in [0.4, 0.5) is 0 Å². The van der Waals surface area contributed by atoms with Crippen LogP contribution in [0.1, 0.15) is 23.5 Å². The van der Waals surface area contributed by atoms with Crippen molar-refractivity contribution in [1.29, 1.82) is 0 Å². The second kappa shape index (κ2) is 6.42. The van der Waals surface area contributed by atoms with Gasteiger partial charge >= 0.3 is 0 Å². The number of likely N-dealkylation sites (N-methyl/N-ethyl adjacent to an activating group) is 1. The van der Waals surface area contributed by atoms with Crippen LogP contribution in [0.3, 0.4) is 0 Å². The average Bonchev–Trinajstić information content (AvgIpc) is 3.05. The van der Waals surface area contributed by atoms with Crippen molar-refractivity contribution >= 4 is 17.2 Å². The summed E-state index contributed by atoms with van der Waals surface area (Å²) in [6, 6.07) is 0.673. The Labute approximate surface area is 130 Å². The lowest BCUT2D eigenvalue weighted by Gasteiger charge is -2.24. The van der Waals surface area contributed by atoms with E-state index < -0.39 is 0 Å². The molecule has 1 aromatic heterocycles.